The van der Waals surface area contributed by atoms with Crippen LogP contribution in [-0.2, 0) is 4.79 Å². The Hall–Kier alpha value is -2.44. The van der Waals surface area contributed by atoms with Crippen LogP contribution in [0.15, 0.2) is 18.5 Å². The number of aliphatic carboxylic acids is 1. The average molecular weight is 276 g/mol. The lowest BCUT2D eigenvalue weighted by molar-refractivity contribution is -0.138. The highest BCUT2D eigenvalue weighted by atomic mass is 16.4. The van der Waals surface area contributed by atoms with E-state index in [0.29, 0.717) is 11.2 Å². The van der Waals surface area contributed by atoms with E-state index in [1.54, 1.807) is 16.9 Å². The van der Waals surface area contributed by atoms with Crippen molar-refractivity contribution in [2.24, 2.45) is 0 Å². The number of aromatic nitrogens is 3. The molecule has 0 saturated heterocycles. The molecule has 20 heavy (non-hydrogen) atoms. The van der Waals surface area contributed by atoms with E-state index >= 15 is 0 Å². The van der Waals surface area contributed by atoms with Crippen molar-refractivity contribution in [3.8, 4) is 0 Å². The zero-order valence-electron chi connectivity index (χ0n) is 11.5. The number of hydrogen-bond acceptors (Lipinski definition) is 4. The molecule has 0 spiro atoms. The lowest BCUT2D eigenvalue weighted by Gasteiger charge is -2.09. The van der Waals surface area contributed by atoms with Gasteiger partial charge in [0, 0.05) is 17.6 Å². The number of hydrogen-bond donors (Lipinski definition) is 2. The SMILES string of the molecule is CC(C)n1ncc2cc(C(=O)N[C@H](C)C(=O)O)cnc21. The maximum Gasteiger partial charge on any atom is 0.325 e. The second-order valence-corrected chi connectivity index (χ2v) is 4.85. The second kappa shape index (κ2) is 5.28. The maximum atomic E-state index is 11.9. The Balaban J connectivity index is 2.28. The summed E-state index contributed by atoms with van der Waals surface area (Å²) in [6.07, 6.45) is 3.06. The van der Waals surface area contributed by atoms with Crippen LogP contribution in [0.2, 0.25) is 0 Å². The molecule has 106 valence electrons. The third-order valence-corrected chi connectivity index (χ3v) is 2.90. The summed E-state index contributed by atoms with van der Waals surface area (Å²) in [5.41, 5.74) is 1.01. The van der Waals surface area contributed by atoms with Crippen molar-refractivity contribution in [1.29, 1.82) is 0 Å². The lowest BCUT2D eigenvalue weighted by atomic mass is 10.2. The normalized spacial score (nSPS) is 12.6. The summed E-state index contributed by atoms with van der Waals surface area (Å²) in [6, 6.07) is 0.876. The first-order valence-corrected chi connectivity index (χ1v) is 6.27. The van der Waals surface area contributed by atoms with Crippen molar-refractivity contribution in [2.45, 2.75) is 32.9 Å². The smallest absolute Gasteiger partial charge is 0.325 e. The van der Waals surface area contributed by atoms with Gasteiger partial charge in [-0.1, -0.05) is 0 Å². The Kier molecular flexibility index (Phi) is 3.69. The Labute approximate surface area is 115 Å². The van der Waals surface area contributed by atoms with Crippen LogP contribution in [0.4, 0.5) is 0 Å². The van der Waals surface area contributed by atoms with Gasteiger partial charge in [-0.25, -0.2) is 9.67 Å². The third-order valence-electron chi connectivity index (χ3n) is 2.90. The van der Waals surface area contributed by atoms with Crippen LogP contribution in [-0.4, -0.2) is 37.8 Å². The van der Waals surface area contributed by atoms with Gasteiger partial charge in [0.15, 0.2) is 5.65 Å². The highest BCUT2D eigenvalue weighted by Gasteiger charge is 2.16. The lowest BCUT2D eigenvalue weighted by Crippen LogP contribution is -2.38. The second-order valence-electron chi connectivity index (χ2n) is 4.85. The molecule has 2 aromatic rings. The van der Waals surface area contributed by atoms with Crippen molar-refractivity contribution < 1.29 is 14.7 Å². The first kappa shape index (κ1) is 14.0. The Morgan fingerprint density at radius 3 is 2.60 bits per heavy atom. The van der Waals surface area contributed by atoms with E-state index in [1.165, 1.54) is 13.1 Å². The number of fused-ring (bicyclic) bond motifs is 1. The Morgan fingerprint density at radius 1 is 1.30 bits per heavy atom. The minimum atomic E-state index is -1.08. The summed E-state index contributed by atoms with van der Waals surface area (Å²) in [5, 5.41) is 16.1. The van der Waals surface area contributed by atoms with E-state index in [-0.39, 0.29) is 6.04 Å². The van der Waals surface area contributed by atoms with E-state index < -0.39 is 17.9 Å². The molecular formula is C13H16N4O3. The van der Waals surface area contributed by atoms with Crippen molar-refractivity contribution >= 4 is 22.9 Å². The Morgan fingerprint density at radius 2 is 2.00 bits per heavy atom. The zero-order valence-corrected chi connectivity index (χ0v) is 11.5. The van der Waals surface area contributed by atoms with Crippen LogP contribution in [0.1, 0.15) is 37.2 Å². The molecule has 0 aliphatic heterocycles. The minimum absolute atomic E-state index is 0.173. The molecule has 2 aromatic heterocycles. The molecule has 1 atom stereocenters. The number of carbonyl (C=O) groups excluding carboxylic acids is 1. The maximum absolute atomic E-state index is 11.9. The molecule has 1 amide bonds. The van der Waals surface area contributed by atoms with Gasteiger partial charge >= 0.3 is 5.97 Å². The highest BCUT2D eigenvalue weighted by Crippen LogP contribution is 2.16. The van der Waals surface area contributed by atoms with Gasteiger partial charge in [0.2, 0.25) is 0 Å². The summed E-state index contributed by atoms with van der Waals surface area (Å²) >= 11 is 0. The number of carboxylic acid groups (broad SMARTS) is 1. The molecule has 0 saturated carbocycles. The molecule has 0 bridgehead atoms. The standard InChI is InChI=1S/C13H16N4O3/c1-7(2)17-11-9(6-15-17)4-10(5-14-11)12(18)16-8(3)13(19)20/h4-8H,1-3H3,(H,16,18)(H,19,20)/t8-/m1/s1. The van der Waals surface area contributed by atoms with E-state index in [4.69, 9.17) is 5.11 Å². The van der Waals surface area contributed by atoms with Crippen molar-refractivity contribution in [3.63, 3.8) is 0 Å². The van der Waals surface area contributed by atoms with Crippen LogP contribution in [0, 0.1) is 0 Å². The average Bonchev–Trinajstić information content (AvgIpc) is 2.81. The fourth-order valence-electron chi connectivity index (χ4n) is 1.78. The van der Waals surface area contributed by atoms with Gasteiger partial charge in [-0.15, -0.1) is 0 Å². The van der Waals surface area contributed by atoms with Gasteiger partial charge in [0.25, 0.3) is 5.91 Å². The molecule has 0 unspecified atom stereocenters. The fourth-order valence-corrected chi connectivity index (χ4v) is 1.78. The van der Waals surface area contributed by atoms with E-state index in [1.807, 2.05) is 13.8 Å². The molecule has 0 aliphatic carbocycles. The molecule has 2 rings (SSSR count). The quantitative estimate of drug-likeness (QED) is 0.875. The molecule has 0 aliphatic rings. The number of carbonyl (C=O) groups is 2. The number of nitrogens with one attached hydrogen (secondary N) is 1. The predicted octanol–water partition coefficient (Wildman–Crippen LogP) is 1.22. The van der Waals surface area contributed by atoms with Gasteiger partial charge in [-0.3, -0.25) is 9.59 Å². The molecule has 0 aromatic carbocycles. The van der Waals surface area contributed by atoms with E-state index in [9.17, 15) is 9.59 Å². The van der Waals surface area contributed by atoms with E-state index in [2.05, 4.69) is 15.4 Å². The summed E-state index contributed by atoms with van der Waals surface area (Å²) in [5.74, 6) is -1.55. The molecular weight excluding hydrogens is 260 g/mol. The molecule has 0 radical (unpaired) electrons. The van der Waals surface area contributed by atoms with Gasteiger partial charge in [-0.05, 0) is 26.8 Å². The summed E-state index contributed by atoms with van der Waals surface area (Å²) < 4.78 is 1.76. The van der Waals surface area contributed by atoms with Crippen molar-refractivity contribution in [1.82, 2.24) is 20.1 Å². The number of carboxylic acids is 1. The van der Waals surface area contributed by atoms with Gasteiger partial charge < -0.3 is 10.4 Å². The van der Waals surface area contributed by atoms with Crippen LogP contribution in [0.5, 0.6) is 0 Å². The zero-order chi connectivity index (χ0) is 14.9. The predicted molar refractivity (Wildman–Crippen MR) is 72.5 cm³/mol. The molecule has 0 fully saturated rings. The largest absolute Gasteiger partial charge is 0.480 e. The van der Waals surface area contributed by atoms with Crippen LogP contribution >= 0.6 is 0 Å². The molecule has 7 nitrogen and oxygen atoms in total. The summed E-state index contributed by atoms with van der Waals surface area (Å²) in [7, 11) is 0. The third kappa shape index (κ3) is 2.61. The van der Waals surface area contributed by atoms with Gasteiger partial charge in [0.1, 0.15) is 6.04 Å². The van der Waals surface area contributed by atoms with Crippen LogP contribution in [0.25, 0.3) is 11.0 Å². The number of amides is 1. The first-order chi connectivity index (χ1) is 9.40. The van der Waals surface area contributed by atoms with Crippen LogP contribution in [0.3, 0.4) is 0 Å². The monoisotopic (exact) mass is 276 g/mol. The topological polar surface area (TPSA) is 97.1 Å². The van der Waals surface area contributed by atoms with Crippen molar-refractivity contribution in [3.05, 3.63) is 24.0 Å². The first-order valence-electron chi connectivity index (χ1n) is 6.27. The fraction of sp³-hybridized carbons (Fsp3) is 0.385. The summed E-state index contributed by atoms with van der Waals surface area (Å²) in [6.45, 7) is 5.38. The molecule has 2 heterocycles. The van der Waals surface area contributed by atoms with Gasteiger partial charge in [-0.2, -0.15) is 5.10 Å². The summed E-state index contributed by atoms with van der Waals surface area (Å²) in [4.78, 5) is 26.8. The molecule has 7 heteroatoms. The number of rotatable bonds is 4. The van der Waals surface area contributed by atoms with E-state index in [0.717, 1.165) is 5.39 Å². The molecule has 2 N–H and O–H groups in total. The minimum Gasteiger partial charge on any atom is -0.480 e. The number of nitrogens with zero attached hydrogens (tertiary/aromatic N) is 3. The van der Waals surface area contributed by atoms with Crippen molar-refractivity contribution in [2.75, 3.05) is 0 Å². The van der Waals surface area contributed by atoms with Gasteiger partial charge in [0.05, 0.1) is 11.8 Å². The Bertz CT molecular complexity index is 663. The number of pyridine rings is 1. The highest BCUT2D eigenvalue weighted by molar-refractivity contribution is 5.98. The van der Waals surface area contributed by atoms with Crippen LogP contribution < -0.4 is 5.32 Å².